The maximum atomic E-state index is 5.40. The van der Waals surface area contributed by atoms with E-state index in [0.29, 0.717) is 6.04 Å². The molecule has 0 aliphatic heterocycles. The lowest BCUT2D eigenvalue weighted by atomic mass is 10.0. The zero-order chi connectivity index (χ0) is 12.1. The number of benzene rings is 1. The van der Waals surface area contributed by atoms with Gasteiger partial charge in [0.05, 0.1) is 7.11 Å². The quantitative estimate of drug-likeness (QED) is 0.840. The average molecular weight is 233 g/mol. The molecule has 17 heavy (non-hydrogen) atoms. The van der Waals surface area contributed by atoms with E-state index in [4.69, 9.17) is 4.74 Å². The van der Waals surface area contributed by atoms with E-state index in [0.717, 1.165) is 18.2 Å². The lowest BCUT2D eigenvalue weighted by Gasteiger charge is -2.19. The van der Waals surface area contributed by atoms with E-state index >= 15 is 0 Å². The molecule has 0 amide bonds. The first-order valence-electron chi connectivity index (χ1n) is 6.67. The van der Waals surface area contributed by atoms with Crippen LogP contribution in [-0.4, -0.2) is 13.7 Å². The van der Waals surface area contributed by atoms with E-state index in [9.17, 15) is 0 Å². The van der Waals surface area contributed by atoms with Crippen molar-refractivity contribution >= 4 is 0 Å². The van der Waals surface area contributed by atoms with Gasteiger partial charge in [-0.25, -0.2) is 0 Å². The summed E-state index contributed by atoms with van der Waals surface area (Å²) in [5.74, 6) is 1.87. The Bertz CT molecular complexity index is 345. The molecule has 1 saturated carbocycles. The lowest BCUT2D eigenvalue weighted by molar-refractivity contribution is 0.395. The Kier molecular flexibility index (Phi) is 4.43. The smallest absolute Gasteiger partial charge is 0.123 e. The van der Waals surface area contributed by atoms with Crippen LogP contribution in [0.25, 0.3) is 0 Å². The van der Waals surface area contributed by atoms with Gasteiger partial charge in [0.15, 0.2) is 0 Å². The van der Waals surface area contributed by atoms with Crippen molar-refractivity contribution in [3.8, 4) is 5.75 Å². The minimum absolute atomic E-state index is 0.367. The van der Waals surface area contributed by atoms with E-state index in [1.54, 1.807) is 7.11 Å². The highest BCUT2D eigenvalue weighted by molar-refractivity contribution is 5.35. The summed E-state index contributed by atoms with van der Waals surface area (Å²) < 4.78 is 5.40. The van der Waals surface area contributed by atoms with Crippen molar-refractivity contribution in [3.05, 3.63) is 29.8 Å². The standard InChI is InChI=1S/C15H23NO/c1-12(16-11-13-7-3-4-8-13)14-9-5-6-10-15(14)17-2/h5-6,9-10,12-13,16H,3-4,7-8,11H2,1-2H3/t12-/m1/s1. The second kappa shape index (κ2) is 6.06. The molecule has 0 radical (unpaired) electrons. The minimum atomic E-state index is 0.367. The number of ether oxygens (including phenoxy) is 1. The molecule has 0 saturated heterocycles. The van der Waals surface area contributed by atoms with E-state index < -0.39 is 0 Å². The Morgan fingerprint density at radius 2 is 2.00 bits per heavy atom. The van der Waals surface area contributed by atoms with E-state index in [1.165, 1.54) is 31.2 Å². The Morgan fingerprint density at radius 3 is 2.71 bits per heavy atom. The largest absolute Gasteiger partial charge is 0.496 e. The van der Waals surface area contributed by atoms with Crippen LogP contribution in [0.5, 0.6) is 5.75 Å². The van der Waals surface area contributed by atoms with Crippen LogP contribution in [0.1, 0.15) is 44.2 Å². The van der Waals surface area contributed by atoms with Crippen LogP contribution in [0.4, 0.5) is 0 Å². The van der Waals surface area contributed by atoms with Gasteiger partial charge in [0.1, 0.15) is 5.75 Å². The highest BCUT2D eigenvalue weighted by Gasteiger charge is 2.17. The maximum absolute atomic E-state index is 5.40. The molecule has 1 N–H and O–H groups in total. The van der Waals surface area contributed by atoms with Crippen LogP contribution in [0, 0.1) is 5.92 Å². The number of hydrogen-bond acceptors (Lipinski definition) is 2. The summed E-state index contributed by atoms with van der Waals surface area (Å²) in [6.45, 7) is 3.35. The average Bonchev–Trinajstić information content (AvgIpc) is 2.89. The van der Waals surface area contributed by atoms with Crippen molar-refractivity contribution in [2.45, 2.75) is 38.6 Å². The number of rotatable bonds is 5. The Labute approximate surface area is 104 Å². The molecule has 1 atom stereocenters. The van der Waals surface area contributed by atoms with Crippen LogP contribution in [0.3, 0.4) is 0 Å². The van der Waals surface area contributed by atoms with Gasteiger partial charge in [-0.05, 0) is 38.3 Å². The Morgan fingerprint density at radius 1 is 1.29 bits per heavy atom. The zero-order valence-corrected chi connectivity index (χ0v) is 10.9. The highest BCUT2D eigenvalue weighted by atomic mass is 16.5. The van der Waals surface area contributed by atoms with Gasteiger partial charge < -0.3 is 10.1 Å². The van der Waals surface area contributed by atoms with Crippen molar-refractivity contribution in [1.29, 1.82) is 0 Å². The summed E-state index contributed by atoms with van der Waals surface area (Å²) >= 11 is 0. The van der Waals surface area contributed by atoms with E-state index in [1.807, 2.05) is 12.1 Å². The molecule has 0 heterocycles. The third kappa shape index (κ3) is 3.22. The second-order valence-corrected chi connectivity index (χ2v) is 5.02. The van der Waals surface area contributed by atoms with Gasteiger partial charge in [0.25, 0.3) is 0 Å². The van der Waals surface area contributed by atoms with Gasteiger partial charge in [-0.2, -0.15) is 0 Å². The molecule has 0 aromatic heterocycles. The fourth-order valence-electron chi connectivity index (χ4n) is 2.69. The third-order valence-electron chi connectivity index (χ3n) is 3.79. The zero-order valence-electron chi connectivity index (χ0n) is 10.9. The van der Waals surface area contributed by atoms with Gasteiger partial charge in [-0.15, -0.1) is 0 Å². The van der Waals surface area contributed by atoms with Gasteiger partial charge >= 0.3 is 0 Å². The van der Waals surface area contributed by atoms with Gasteiger partial charge in [-0.3, -0.25) is 0 Å². The second-order valence-electron chi connectivity index (χ2n) is 5.02. The molecular formula is C15H23NO. The van der Waals surface area contributed by atoms with Crippen LogP contribution in [-0.2, 0) is 0 Å². The Balaban J connectivity index is 1.91. The van der Waals surface area contributed by atoms with Crippen LogP contribution in [0.15, 0.2) is 24.3 Å². The predicted octanol–water partition coefficient (Wildman–Crippen LogP) is 3.54. The van der Waals surface area contributed by atoms with Gasteiger partial charge in [-0.1, -0.05) is 31.0 Å². The summed E-state index contributed by atoms with van der Waals surface area (Å²) in [6, 6.07) is 8.64. The van der Waals surface area contributed by atoms with E-state index in [2.05, 4.69) is 24.4 Å². The van der Waals surface area contributed by atoms with Crippen LogP contribution in [0.2, 0.25) is 0 Å². The maximum Gasteiger partial charge on any atom is 0.123 e. The molecule has 2 heteroatoms. The summed E-state index contributed by atoms with van der Waals surface area (Å²) in [5.41, 5.74) is 1.26. The van der Waals surface area contributed by atoms with Gasteiger partial charge in [0.2, 0.25) is 0 Å². The molecule has 0 bridgehead atoms. The first kappa shape index (κ1) is 12.4. The normalized spacial score (nSPS) is 18.2. The summed E-state index contributed by atoms with van der Waals surface area (Å²) in [5, 5.41) is 3.64. The summed E-state index contributed by atoms with van der Waals surface area (Å²) in [4.78, 5) is 0. The molecular weight excluding hydrogens is 210 g/mol. The monoisotopic (exact) mass is 233 g/mol. The van der Waals surface area contributed by atoms with Crippen molar-refractivity contribution in [2.24, 2.45) is 5.92 Å². The van der Waals surface area contributed by atoms with Crippen molar-refractivity contribution in [3.63, 3.8) is 0 Å². The Hall–Kier alpha value is -1.02. The van der Waals surface area contributed by atoms with Crippen molar-refractivity contribution < 1.29 is 4.74 Å². The lowest BCUT2D eigenvalue weighted by Crippen LogP contribution is -2.24. The molecule has 1 aromatic rings. The van der Waals surface area contributed by atoms with Gasteiger partial charge in [0, 0.05) is 11.6 Å². The number of hydrogen-bond donors (Lipinski definition) is 1. The topological polar surface area (TPSA) is 21.3 Å². The molecule has 1 aliphatic carbocycles. The molecule has 1 aliphatic rings. The third-order valence-corrected chi connectivity index (χ3v) is 3.79. The van der Waals surface area contributed by atoms with Crippen LogP contribution >= 0.6 is 0 Å². The number of nitrogens with one attached hydrogen (secondary N) is 1. The minimum Gasteiger partial charge on any atom is -0.496 e. The van der Waals surface area contributed by atoms with Crippen molar-refractivity contribution in [2.75, 3.05) is 13.7 Å². The first-order valence-corrected chi connectivity index (χ1v) is 6.67. The summed E-state index contributed by atoms with van der Waals surface area (Å²) in [7, 11) is 1.74. The molecule has 0 spiro atoms. The van der Waals surface area contributed by atoms with E-state index in [-0.39, 0.29) is 0 Å². The molecule has 94 valence electrons. The number of para-hydroxylation sites is 1. The molecule has 1 fully saturated rings. The predicted molar refractivity (Wildman–Crippen MR) is 71.4 cm³/mol. The first-order chi connectivity index (χ1) is 8.31. The fraction of sp³-hybridized carbons (Fsp3) is 0.600. The SMILES string of the molecule is COc1ccccc1[C@@H](C)NCC1CCCC1. The highest BCUT2D eigenvalue weighted by Crippen LogP contribution is 2.27. The number of methoxy groups -OCH3 is 1. The fourth-order valence-corrected chi connectivity index (χ4v) is 2.69. The molecule has 1 aromatic carbocycles. The van der Waals surface area contributed by atoms with Crippen LogP contribution < -0.4 is 10.1 Å². The molecule has 2 nitrogen and oxygen atoms in total. The molecule has 0 unspecified atom stereocenters. The summed E-state index contributed by atoms with van der Waals surface area (Å²) in [6.07, 6.45) is 5.61. The van der Waals surface area contributed by atoms with Crippen molar-refractivity contribution in [1.82, 2.24) is 5.32 Å². The molecule has 2 rings (SSSR count).